The van der Waals surface area contributed by atoms with E-state index in [0.29, 0.717) is 31.0 Å². The molecule has 6 heteroatoms. The van der Waals surface area contributed by atoms with Gasteiger partial charge < -0.3 is 10.2 Å². The molecule has 3 amide bonds. The minimum Gasteiger partial charge on any atom is -0.324 e. The number of aryl methyl sites for hydroxylation is 1. The van der Waals surface area contributed by atoms with Crippen molar-refractivity contribution in [2.24, 2.45) is 5.92 Å². The van der Waals surface area contributed by atoms with Crippen LogP contribution in [0.1, 0.15) is 31.4 Å². The Morgan fingerprint density at radius 3 is 2.68 bits per heavy atom. The van der Waals surface area contributed by atoms with E-state index < -0.39 is 0 Å². The number of benzene rings is 2. The highest BCUT2D eigenvalue weighted by molar-refractivity contribution is 6.01. The molecule has 28 heavy (non-hydrogen) atoms. The van der Waals surface area contributed by atoms with Crippen molar-refractivity contribution in [1.82, 2.24) is 4.90 Å². The van der Waals surface area contributed by atoms with E-state index in [0.717, 1.165) is 17.5 Å². The van der Waals surface area contributed by atoms with Gasteiger partial charge in [0, 0.05) is 25.6 Å². The maximum Gasteiger partial charge on any atom is 0.324 e. The van der Waals surface area contributed by atoms with E-state index in [1.807, 2.05) is 45.0 Å². The molecule has 148 valence electrons. The summed E-state index contributed by atoms with van der Waals surface area (Å²) in [7, 11) is 0. The Hall–Kier alpha value is -2.89. The lowest BCUT2D eigenvalue weighted by molar-refractivity contribution is -0.118. The Labute approximate surface area is 165 Å². The van der Waals surface area contributed by atoms with Gasteiger partial charge in [0.15, 0.2) is 0 Å². The normalized spacial score (nSPS) is 14.5. The van der Waals surface area contributed by atoms with E-state index in [-0.39, 0.29) is 23.7 Å². The third kappa shape index (κ3) is 4.50. The SMILES string of the molecule is Cc1ccc(N2CCCN(Cc3cccc(F)c3)C2=O)c(NC(=O)C(C)C)c1. The smallest absolute Gasteiger partial charge is 0.324 e. The number of nitrogens with one attached hydrogen (secondary N) is 1. The lowest BCUT2D eigenvalue weighted by atomic mass is 10.1. The van der Waals surface area contributed by atoms with Crippen molar-refractivity contribution >= 4 is 23.3 Å². The third-order valence-electron chi connectivity index (χ3n) is 4.80. The number of nitrogens with zero attached hydrogens (tertiary/aromatic N) is 2. The summed E-state index contributed by atoms with van der Waals surface area (Å²) < 4.78 is 13.5. The summed E-state index contributed by atoms with van der Waals surface area (Å²) in [5.74, 6) is -0.557. The Balaban J connectivity index is 1.84. The summed E-state index contributed by atoms with van der Waals surface area (Å²) in [5.41, 5.74) is 3.09. The number of urea groups is 1. The Morgan fingerprint density at radius 1 is 1.18 bits per heavy atom. The van der Waals surface area contributed by atoms with Gasteiger partial charge in [0.25, 0.3) is 0 Å². The summed E-state index contributed by atoms with van der Waals surface area (Å²) in [6.07, 6.45) is 0.798. The minimum atomic E-state index is -0.309. The molecule has 0 bridgehead atoms. The number of carbonyl (C=O) groups excluding carboxylic acids is 2. The molecule has 1 N–H and O–H groups in total. The first-order valence-corrected chi connectivity index (χ1v) is 9.57. The first kappa shape index (κ1) is 19.9. The number of carbonyl (C=O) groups is 2. The maximum atomic E-state index is 13.5. The molecular formula is C22H26FN3O2. The van der Waals surface area contributed by atoms with Gasteiger partial charge in [-0.3, -0.25) is 9.69 Å². The second-order valence-electron chi connectivity index (χ2n) is 7.50. The highest BCUT2D eigenvalue weighted by Crippen LogP contribution is 2.30. The van der Waals surface area contributed by atoms with Crippen molar-refractivity contribution in [3.63, 3.8) is 0 Å². The molecule has 1 saturated heterocycles. The standard InChI is InChI=1S/C22H26FN3O2/c1-15(2)21(27)24-19-12-16(3)8-9-20(19)26-11-5-10-25(22(26)28)14-17-6-4-7-18(23)13-17/h4,6-9,12-13,15H,5,10-11,14H2,1-3H3,(H,24,27). The molecule has 0 aliphatic carbocycles. The molecule has 0 atom stereocenters. The van der Waals surface area contributed by atoms with Crippen molar-refractivity contribution in [1.29, 1.82) is 0 Å². The molecule has 2 aromatic rings. The third-order valence-corrected chi connectivity index (χ3v) is 4.80. The largest absolute Gasteiger partial charge is 0.324 e. The second kappa shape index (κ2) is 8.42. The van der Waals surface area contributed by atoms with Crippen LogP contribution in [0.3, 0.4) is 0 Å². The monoisotopic (exact) mass is 383 g/mol. The maximum absolute atomic E-state index is 13.5. The van der Waals surface area contributed by atoms with Crippen molar-refractivity contribution in [2.75, 3.05) is 23.3 Å². The fraction of sp³-hybridized carbons (Fsp3) is 0.364. The summed E-state index contributed by atoms with van der Waals surface area (Å²) in [6.45, 7) is 7.16. The molecule has 1 aliphatic rings. The van der Waals surface area contributed by atoms with Crippen molar-refractivity contribution < 1.29 is 14.0 Å². The average Bonchev–Trinajstić information content (AvgIpc) is 2.64. The zero-order chi connectivity index (χ0) is 20.3. The van der Waals surface area contributed by atoms with Crippen LogP contribution >= 0.6 is 0 Å². The average molecular weight is 383 g/mol. The lowest BCUT2D eigenvalue weighted by Gasteiger charge is -2.36. The molecule has 0 saturated carbocycles. The van der Waals surface area contributed by atoms with Gasteiger partial charge in [0.05, 0.1) is 11.4 Å². The van der Waals surface area contributed by atoms with E-state index >= 15 is 0 Å². The number of halogens is 1. The second-order valence-corrected chi connectivity index (χ2v) is 7.50. The number of anilines is 2. The molecule has 1 fully saturated rings. The molecule has 0 radical (unpaired) electrons. The van der Waals surface area contributed by atoms with Crippen LogP contribution in [0.5, 0.6) is 0 Å². The highest BCUT2D eigenvalue weighted by Gasteiger charge is 2.28. The van der Waals surface area contributed by atoms with Crippen LogP contribution in [-0.2, 0) is 11.3 Å². The Kier molecular flexibility index (Phi) is 5.97. The number of hydrogen-bond donors (Lipinski definition) is 1. The molecule has 0 unspecified atom stereocenters. The van der Waals surface area contributed by atoms with Crippen LogP contribution in [-0.4, -0.2) is 29.9 Å². The van der Waals surface area contributed by atoms with Gasteiger partial charge in [-0.25, -0.2) is 9.18 Å². The Bertz CT molecular complexity index is 882. The summed E-state index contributed by atoms with van der Waals surface area (Å²) in [6, 6.07) is 11.9. The molecule has 1 heterocycles. The Morgan fingerprint density at radius 2 is 1.96 bits per heavy atom. The topological polar surface area (TPSA) is 52.6 Å². The van der Waals surface area contributed by atoms with E-state index in [2.05, 4.69) is 5.32 Å². The van der Waals surface area contributed by atoms with Crippen LogP contribution in [0, 0.1) is 18.7 Å². The molecule has 3 rings (SSSR count). The molecule has 0 spiro atoms. The fourth-order valence-electron chi connectivity index (χ4n) is 3.27. The summed E-state index contributed by atoms with van der Waals surface area (Å²) in [4.78, 5) is 28.7. The van der Waals surface area contributed by atoms with E-state index in [9.17, 15) is 14.0 Å². The van der Waals surface area contributed by atoms with Gasteiger partial charge >= 0.3 is 6.03 Å². The molecule has 5 nitrogen and oxygen atoms in total. The van der Waals surface area contributed by atoms with Crippen molar-refractivity contribution in [3.8, 4) is 0 Å². The predicted molar refractivity (Wildman–Crippen MR) is 109 cm³/mol. The minimum absolute atomic E-state index is 0.0899. The van der Waals surface area contributed by atoms with Gasteiger partial charge in [-0.2, -0.15) is 0 Å². The van der Waals surface area contributed by atoms with Crippen molar-refractivity contribution in [3.05, 3.63) is 59.4 Å². The van der Waals surface area contributed by atoms with Crippen LogP contribution < -0.4 is 10.2 Å². The predicted octanol–water partition coefficient (Wildman–Crippen LogP) is 4.56. The van der Waals surface area contributed by atoms with Gasteiger partial charge in [0.1, 0.15) is 5.82 Å². The van der Waals surface area contributed by atoms with Crippen LogP contribution in [0.4, 0.5) is 20.6 Å². The van der Waals surface area contributed by atoms with Gasteiger partial charge in [-0.05, 0) is 48.7 Å². The number of hydrogen-bond acceptors (Lipinski definition) is 2. The fourth-order valence-corrected chi connectivity index (χ4v) is 3.27. The van der Waals surface area contributed by atoms with Crippen LogP contribution in [0.2, 0.25) is 0 Å². The zero-order valence-electron chi connectivity index (χ0n) is 16.5. The van der Waals surface area contributed by atoms with Crippen LogP contribution in [0.15, 0.2) is 42.5 Å². The summed E-state index contributed by atoms with van der Waals surface area (Å²) >= 11 is 0. The first-order chi connectivity index (χ1) is 13.3. The van der Waals surface area contributed by atoms with E-state index in [1.54, 1.807) is 15.9 Å². The van der Waals surface area contributed by atoms with Gasteiger partial charge in [0.2, 0.25) is 5.91 Å². The van der Waals surface area contributed by atoms with E-state index in [1.165, 1.54) is 12.1 Å². The molecule has 0 aromatic heterocycles. The lowest BCUT2D eigenvalue weighted by Crippen LogP contribution is -2.49. The van der Waals surface area contributed by atoms with Gasteiger partial charge in [-0.1, -0.05) is 32.0 Å². The summed E-state index contributed by atoms with van der Waals surface area (Å²) in [5, 5.41) is 2.94. The number of amides is 3. The highest BCUT2D eigenvalue weighted by atomic mass is 19.1. The van der Waals surface area contributed by atoms with E-state index in [4.69, 9.17) is 0 Å². The molecule has 1 aliphatic heterocycles. The zero-order valence-corrected chi connectivity index (χ0v) is 16.5. The first-order valence-electron chi connectivity index (χ1n) is 9.57. The number of rotatable bonds is 5. The quantitative estimate of drug-likeness (QED) is 0.823. The van der Waals surface area contributed by atoms with Gasteiger partial charge in [-0.15, -0.1) is 0 Å². The van der Waals surface area contributed by atoms with Crippen LogP contribution in [0.25, 0.3) is 0 Å². The molecular weight excluding hydrogens is 357 g/mol. The van der Waals surface area contributed by atoms with Crippen molar-refractivity contribution in [2.45, 2.75) is 33.7 Å². The molecule has 2 aromatic carbocycles.